The fourth-order valence-corrected chi connectivity index (χ4v) is 0.368. The van der Waals surface area contributed by atoms with E-state index in [1.54, 1.807) is 6.92 Å². The van der Waals surface area contributed by atoms with E-state index in [1.807, 2.05) is 0 Å². The van der Waals surface area contributed by atoms with Crippen LogP contribution in [0.3, 0.4) is 0 Å². The van der Waals surface area contributed by atoms with Gasteiger partial charge in [0, 0.05) is 12.7 Å². The Morgan fingerprint density at radius 2 is 2.00 bits per heavy atom. The Balaban J connectivity index is 3.37. The highest BCUT2D eigenvalue weighted by atomic mass is 19.4. The predicted molar refractivity (Wildman–Crippen MR) is 31.7 cm³/mol. The summed E-state index contributed by atoms with van der Waals surface area (Å²) in [7, 11) is 0. The van der Waals surface area contributed by atoms with Crippen LogP contribution in [0.1, 0.15) is 6.92 Å². The SMILES string of the molecule is CCOC/C=C/C(F)(F)F. The van der Waals surface area contributed by atoms with Crippen molar-refractivity contribution in [3.8, 4) is 0 Å². The maximum absolute atomic E-state index is 11.3. The zero-order valence-corrected chi connectivity index (χ0v) is 5.61. The molecule has 0 aliphatic rings. The summed E-state index contributed by atoms with van der Waals surface area (Å²) in [5.74, 6) is 0. The lowest BCUT2D eigenvalue weighted by Crippen LogP contribution is -2.01. The monoisotopic (exact) mass is 154 g/mol. The van der Waals surface area contributed by atoms with Gasteiger partial charge in [-0.2, -0.15) is 13.2 Å². The molecule has 0 saturated heterocycles. The van der Waals surface area contributed by atoms with Gasteiger partial charge in [-0.3, -0.25) is 0 Å². The first-order valence-corrected chi connectivity index (χ1v) is 2.88. The molecule has 0 atom stereocenters. The van der Waals surface area contributed by atoms with Crippen molar-refractivity contribution in [2.45, 2.75) is 13.1 Å². The molecule has 0 aliphatic carbocycles. The summed E-state index contributed by atoms with van der Waals surface area (Å²) in [4.78, 5) is 0. The van der Waals surface area contributed by atoms with Gasteiger partial charge in [0.15, 0.2) is 0 Å². The molecule has 60 valence electrons. The topological polar surface area (TPSA) is 9.23 Å². The maximum atomic E-state index is 11.3. The van der Waals surface area contributed by atoms with E-state index < -0.39 is 6.18 Å². The number of halogens is 3. The van der Waals surface area contributed by atoms with E-state index in [-0.39, 0.29) is 12.7 Å². The molecule has 0 aromatic rings. The molecule has 0 radical (unpaired) electrons. The smallest absolute Gasteiger partial charge is 0.378 e. The first kappa shape index (κ1) is 9.49. The second-order valence-corrected chi connectivity index (χ2v) is 1.60. The Kier molecular flexibility index (Phi) is 4.11. The summed E-state index contributed by atoms with van der Waals surface area (Å²) in [5.41, 5.74) is 0. The molecule has 10 heavy (non-hydrogen) atoms. The molecule has 0 fully saturated rings. The van der Waals surface area contributed by atoms with E-state index in [1.165, 1.54) is 0 Å². The summed E-state index contributed by atoms with van der Waals surface area (Å²) >= 11 is 0. The van der Waals surface area contributed by atoms with Crippen LogP contribution < -0.4 is 0 Å². The van der Waals surface area contributed by atoms with Crippen molar-refractivity contribution in [3.05, 3.63) is 12.2 Å². The first-order chi connectivity index (χ1) is 4.56. The number of ether oxygens (including phenoxy) is 1. The van der Waals surface area contributed by atoms with E-state index in [4.69, 9.17) is 0 Å². The van der Waals surface area contributed by atoms with Crippen LogP contribution in [0.25, 0.3) is 0 Å². The molecule has 4 heteroatoms. The van der Waals surface area contributed by atoms with Crippen molar-refractivity contribution >= 4 is 0 Å². The standard InChI is InChI=1S/C6H9F3O/c1-2-10-5-3-4-6(7,8)9/h3-4H,2,5H2,1H3/b4-3+. The summed E-state index contributed by atoms with van der Waals surface area (Å²) in [6, 6.07) is 0. The van der Waals surface area contributed by atoms with E-state index >= 15 is 0 Å². The van der Waals surface area contributed by atoms with Crippen LogP contribution in [0.2, 0.25) is 0 Å². The number of hydrogen-bond acceptors (Lipinski definition) is 1. The molecule has 0 aromatic carbocycles. The van der Waals surface area contributed by atoms with Crippen LogP contribution in [0.5, 0.6) is 0 Å². The van der Waals surface area contributed by atoms with E-state index in [0.29, 0.717) is 6.61 Å². The number of allylic oxidation sites excluding steroid dienone is 1. The number of alkyl halides is 3. The van der Waals surface area contributed by atoms with Crippen LogP contribution in [0.15, 0.2) is 12.2 Å². The molecule has 0 amide bonds. The summed E-state index contributed by atoms with van der Waals surface area (Å²) < 4.78 is 38.7. The average Bonchev–Trinajstić information content (AvgIpc) is 1.78. The second kappa shape index (κ2) is 4.33. The minimum Gasteiger partial charge on any atom is -0.378 e. The molecule has 0 aromatic heterocycles. The molecule has 1 nitrogen and oxygen atoms in total. The Morgan fingerprint density at radius 3 is 2.40 bits per heavy atom. The largest absolute Gasteiger partial charge is 0.409 e. The minimum absolute atomic E-state index is 0.0238. The van der Waals surface area contributed by atoms with Crippen LogP contribution >= 0.6 is 0 Å². The van der Waals surface area contributed by atoms with Crippen LogP contribution in [-0.4, -0.2) is 19.4 Å². The third kappa shape index (κ3) is 7.49. The summed E-state index contributed by atoms with van der Waals surface area (Å²) in [5, 5.41) is 0. The minimum atomic E-state index is -4.21. The quantitative estimate of drug-likeness (QED) is 0.447. The lowest BCUT2D eigenvalue weighted by atomic mass is 10.5. The van der Waals surface area contributed by atoms with Crippen molar-refractivity contribution in [2.24, 2.45) is 0 Å². The van der Waals surface area contributed by atoms with Gasteiger partial charge in [-0.1, -0.05) is 6.08 Å². The van der Waals surface area contributed by atoms with Crippen molar-refractivity contribution in [3.63, 3.8) is 0 Å². The highest BCUT2D eigenvalue weighted by molar-refractivity contribution is 4.88. The average molecular weight is 154 g/mol. The van der Waals surface area contributed by atoms with Gasteiger partial charge >= 0.3 is 6.18 Å². The van der Waals surface area contributed by atoms with Crippen LogP contribution in [0.4, 0.5) is 13.2 Å². The third-order valence-electron chi connectivity index (χ3n) is 0.725. The molecule has 0 spiro atoms. The van der Waals surface area contributed by atoms with Crippen LogP contribution in [0, 0.1) is 0 Å². The van der Waals surface area contributed by atoms with Crippen molar-refractivity contribution in [1.29, 1.82) is 0 Å². The van der Waals surface area contributed by atoms with Gasteiger partial charge in [-0.15, -0.1) is 0 Å². The third-order valence-corrected chi connectivity index (χ3v) is 0.725. The molecule has 0 saturated carbocycles. The lowest BCUT2D eigenvalue weighted by molar-refractivity contribution is -0.0803. The van der Waals surface area contributed by atoms with Crippen molar-refractivity contribution in [1.82, 2.24) is 0 Å². The Bertz CT molecular complexity index is 106. The van der Waals surface area contributed by atoms with E-state index in [2.05, 4.69) is 4.74 Å². The molecule has 0 N–H and O–H groups in total. The molecule has 0 rings (SSSR count). The highest BCUT2D eigenvalue weighted by Crippen LogP contribution is 2.15. The Morgan fingerprint density at radius 1 is 1.40 bits per heavy atom. The Labute approximate surface area is 57.5 Å². The normalized spacial score (nSPS) is 12.8. The number of hydrogen-bond donors (Lipinski definition) is 0. The summed E-state index contributed by atoms with van der Waals surface area (Å²) in [6.45, 7) is 2.18. The zero-order chi connectivity index (χ0) is 8.04. The lowest BCUT2D eigenvalue weighted by Gasteiger charge is -1.97. The zero-order valence-electron chi connectivity index (χ0n) is 5.61. The van der Waals surface area contributed by atoms with Gasteiger partial charge in [0.1, 0.15) is 0 Å². The summed E-state index contributed by atoms with van der Waals surface area (Å²) in [6.07, 6.45) is -3.09. The molecule has 0 bridgehead atoms. The van der Waals surface area contributed by atoms with Gasteiger partial charge < -0.3 is 4.74 Å². The predicted octanol–water partition coefficient (Wildman–Crippen LogP) is 2.14. The molecular formula is C6H9F3O. The van der Waals surface area contributed by atoms with Crippen molar-refractivity contribution < 1.29 is 17.9 Å². The van der Waals surface area contributed by atoms with E-state index in [9.17, 15) is 13.2 Å². The first-order valence-electron chi connectivity index (χ1n) is 2.88. The molecular weight excluding hydrogens is 145 g/mol. The fraction of sp³-hybridized carbons (Fsp3) is 0.667. The van der Waals surface area contributed by atoms with Gasteiger partial charge in [0.2, 0.25) is 0 Å². The van der Waals surface area contributed by atoms with Crippen molar-refractivity contribution in [2.75, 3.05) is 13.2 Å². The fourth-order valence-electron chi connectivity index (χ4n) is 0.368. The van der Waals surface area contributed by atoms with Gasteiger partial charge in [0.25, 0.3) is 0 Å². The van der Waals surface area contributed by atoms with Gasteiger partial charge in [0.05, 0.1) is 6.61 Å². The second-order valence-electron chi connectivity index (χ2n) is 1.60. The maximum Gasteiger partial charge on any atom is 0.409 e. The highest BCUT2D eigenvalue weighted by Gasteiger charge is 2.21. The van der Waals surface area contributed by atoms with E-state index in [0.717, 1.165) is 6.08 Å². The molecule has 0 unspecified atom stereocenters. The molecule has 0 aliphatic heterocycles. The van der Waals surface area contributed by atoms with Gasteiger partial charge in [-0.05, 0) is 6.92 Å². The number of rotatable bonds is 3. The van der Waals surface area contributed by atoms with Gasteiger partial charge in [-0.25, -0.2) is 0 Å². The van der Waals surface area contributed by atoms with Crippen LogP contribution in [-0.2, 0) is 4.74 Å². The molecule has 0 heterocycles. The Hall–Kier alpha value is -0.510.